The van der Waals surface area contributed by atoms with Crippen LogP contribution in [0.2, 0.25) is 0 Å². The van der Waals surface area contributed by atoms with Crippen molar-refractivity contribution in [1.82, 2.24) is 0 Å². The zero-order valence-electron chi connectivity index (χ0n) is 9.27. The molecule has 16 heavy (non-hydrogen) atoms. The number of phenolic OH excluding ortho intramolecular Hbond substituents is 1. The zero-order valence-corrected chi connectivity index (χ0v) is 9.27. The van der Waals surface area contributed by atoms with E-state index in [0.29, 0.717) is 5.75 Å². The lowest BCUT2D eigenvalue weighted by atomic mass is 9.98. The van der Waals surface area contributed by atoms with Crippen molar-refractivity contribution in [2.24, 2.45) is 0 Å². The minimum absolute atomic E-state index is 0.293. The molecule has 1 N–H and O–H groups in total. The monoisotopic (exact) mass is 210 g/mol. The van der Waals surface area contributed by atoms with Crippen LogP contribution in [0.5, 0.6) is 5.75 Å². The fraction of sp³-hybridized carbons (Fsp3) is 0.0667. The lowest BCUT2D eigenvalue weighted by Crippen LogP contribution is -1.83. The number of aromatic hydroxyl groups is 1. The van der Waals surface area contributed by atoms with Crippen LogP contribution in [0.3, 0.4) is 0 Å². The summed E-state index contributed by atoms with van der Waals surface area (Å²) in [6.45, 7) is 5.78. The first-order chi connectivity index (χ1) is 7.76. The van der Waals surface area contributed by atoms with Crippen LogP contribution in [-0.4, -0.2) is 5.11 Å². The van der Waals surface area contributed by atoms with Crippen LogP contribution in [-0.2, 0) is 0 Å². The number of fused-ring (bicyclic) bond motifs is 1. The van der Waals surface area contributed by atoms with Crippen molar-refractivity contribution < 1.29 is 5.11 Å². The number of phenols is 1. The Hall–Kier alpha value is -2.02. The van der Waals surface area contributed by atoms with Gasteiger partial charge in [-0.3, -0.25) is 0 Å². The molecule has 0 spiro atoms. The van der Waals surface area contributed by atoms with E-state index >= 15 is 0 Å². The van der Waals surface area contributed by atoms with E-state index in [2.05, 4.69) is 6.58 Å². The van der Waals surface area contributed by atoms with Crippen molar-refractivity contribution >= 4 is 22.9 Å². The quantitative estimate of drug-likeness (QED) is 0.786. The van der Waals surface area contributed by atoms with Gasteiger partial charge in [-0.15, -0.1) is 0 Å². The van der Waals surface area contributed by atoms with Gasteiger partial charge in [-0.1, -0.05) is 43.0 Å². The summed E-state index contributed by atoms with van der Waals surface area (Å²) in [4.78, 5) is 0. The summed E-state index contributed by atoms with van der Waals surface area (Å²) in [5.41, 5.74) is 2.11. The van der Waals surface area contributed by atoms with Crippen LogP contribution in [0.4, 0.5) is 0 Å². The Morgan fingerprint density at radius 1 is 1.19 bits per heavy atom. The minimum Gasteiger partial charge on any atom is -0.508 e. The van der Waals surface area contributed by atoms with E-state index in [-0.39, 0.29) is 0 Å². The van der Waals surface area contributed by atoms with Crippen LogP contribution in [0, 0.1) is 0 Å². The van der Waals surface area contributed by atoms with Gasteiger partial charge < -0.3 is 5.11 Å². The first kappa shape index (κ1) is 10.5. The largest absolute Gasteiger partial charge is 0.508 e. The molecule has 0 radical (unpaired) electrons. The fourth-order valence-electron chi connectivity index (χ4n) is 1.96. The molecular formula is C15H14O. The molecule has 0 saturated carbocycles. The van der Waals surface area contributed by atoms with Crippen LogP contribution >= 0.6 is 0 Å². The molecule has 0 aromatic heterocycles. The molecule has 0 fully saturated rings. The summed E-state index contributed by atoms with van der Waals surface area (Å²) in [5.74, 6) is 0.293. The summed E-state index contributed by atoms with van der Waals surface area (Å²) in [5, 5.41) is 11.8. The third kappa shape index (κ3) is 1.72. The van der Waals surface area contributed by atoms with Crippen molar-refractivity contribution in [2.45, 2.75) is 6.92 Å². The third-order valence-corrected chi connectivity index (χ3v) is 2.59. The minimum atomic E-state index is 0.293. The SMILES string of the molecule is C=Cc1cccc2cc(O)cc(/C=C/C)c12. The highest BCUT2D eigenvalue weighted by Gasteiger charge is 2.04. The lowest BCUT2D eigenvalue weighted by Gasteiger charge is -2.07. The molecule has 2 aromatic rings. The number of benzene rings is 2. The molecular weight excluding hydrogens is 196 g/mol. The Kier molecular flexibility index (Phi) is 2.78. The maximum Gasteiger partial charge on any atom is 0.116 e. The molecule has 80 valence electrons. The highest BCUT2D eigenvalue weighted by atomic mass is 16.3. The molecule has 2 aromatic carbocycles. The smallest absolute Gasteiger partial charge is 0.116 e. The first-order valence-electron chi connectivity index (χ1n) is 5.27. The molecule has 0 amide bonds. The van der Waals surface area contributed by atoms with E-state index < -0.39 is 0 Å². The molecule has 0 atom stereocenters. The van der Waals surface area contributed by atoms with E-state index in [1.807, 2.05) is 43.4 Å². The standard InChI is InChI=1S/C15H14O/c1-3-6-12-9-14(16)10-13-8-5-7-11(4-2)15(12)13/h3-10,16H,2H2,1H3/b6-3+. The summed E-state index contributed by atoms with van der Waals surface area (Å²) >= 11 is 0. The van der Waals surface area contributed by atoms with E-state index in [4.69, 9.17) is 0 Å². The molecule has 0 unspecified atom stereocenters. The van der Waals surface area contributed by atoms with Gasteiger partial charge in [0, 0.05) is 0 Å². The molecule has 0 heterocycles. The van der Waals surface area contributed by atoms with Crippen molar-refractivity contribution in [3.8, 4) is 5.75 Å². The Labute approximate surface area is 95.4 Å². The van der Waals surface area contributed by atoms with E-state index in [1.54, 1.807) is 12.1 Å². The maximum absolute atomic E-state index is 9.64. The highest BCUT2D eigenvalue weighted by Crippen LogP contribution is 2.29. The number of allylic oxidation sites excluding steroid dienone is 1. The molecule has 1 heteroatoms. The predicted molar refractivity (Wildman–Crippen MR) is 70.4 cm³/mol. The highest BCUT2D eigenvalue weighted by molar-refractivity contribution is 5.97. The molecule has 0 saturated heterocycles. The van der Waals surface area contributed by atoms with Gasteiger partial charge in [0.2, 0.25) is 0 Å². The van der Waals surface area contributed by atoms with Crippen molar-refractivity contribution in [2.75, 3.05) is 0 Å². The van der Waals surface area contributed by atoms with Crippen molar-refractivity contribution in [3.05, 3.63) is 54.1 Å². The van der Waals surface area contributed by atoms with E-state index in [1.165, 1.54) is 0 Å². The van der Waals surface area contributed by atoms with E-state index in [9.17, 15) is 5.11 Å². The van der Waals surface area contributed by atoms with Crippen molar-refractivity contribution in [1.29, 1.82) is 0 Å². The van der Waals surface area contributed by atoms with Gasteiger partial charge in [-0.25, -0.2) is 0 Å². The number of hydrogen-bond acceptors (Lipinski definition) is 1. The van der Waals surface area contributed by atoms with Gasteiger partial charge in [0.25, 0.3) is 0 Å². The number of rotatable bonds is 2. The zero-order chi connectivity index (χ0) is 11.5. The molecule has 0 aliphatic carbocycles. The van der Waals surface area contributed by atoms with Gasteiger partial charge in [-0.2, -0.15) is 0 Å². The van der Waals surface area contributed by atoms with E-state index in [0.717, 1.165) is 21.9 Å². The Bertz CT molecular complexity index is 565. The lowest BCUT2D eigenvalue weighted by molar-refractivity contribution is 0.476. The maximum atomic E-state index is 9.64. The first-order valence-corrected chi connectivity index (χ1v) is 5.27. The summed E-state index contributed by atoms with van der Waals surface area (Å²) in [6.07, 6.45) is 5.80. The summed E-state index contributed by atoms with van der Waals surface area (Å²) in [7, 11) is 0. The van der Waals surface area contributed by atoms with Gasteiger partial charge in [0.15, 0.2) is 0 Å². The van der Waals surface area contributed by atoms with Gasteiger partial charge >= 0.3 is 0 Å². The molecule has 2 rings (SSSR count). The number of hydrogen-bond donors (Lipinski definition) is 1. The second-order valence-electron chi connectivity index (χ2n) is 3.68. The van der Waals surface area contributed by atoms with Crippen LogP contribution in [0.25, 0.3) is 22.9 Å². The topological polar surface area (TPSA) is 20.2 Å². The Morgan fingerprint density at radius 2 is 2.00 bits per heavy atom. The second-order valence-corrected chi connectivity index (χ2v) is 3.68. The van der Waals surface area contributed by atoms with Gasteiger partial charge in [0.1, 0.15) is 5.75 Å². The predicted octanol–water partition coefficient (Wildman–Crippen LogP) is 4.22. The molecule has 0 aliphatic heterocycles. The molecule has 0 bridgehead atoms. The Morgan fingerprint density at radius 3 is 2.69 bits per heavy atom. The molecule has 0 aliphatic rings. The van der Waals surface area contributed by atoms with Crippen molar-refractivity contribution in [3.63, 3.8) is 0 Å². The fourth-order valence-corrected chi connectivity index (χ4v) is 1.96. The third-order valence-electron chi connectivity index (χ3n) is 2.59. The molecule has 1 nitrogen and oxygen atoms in total. The summed E-state index contributed by atoms with van der Waals surface area (Å²) in [6, 6.07) is 9.54. The average Bonchev–Trinajstić information content (AvgIpc) is 2.28. The van der Waals surface area contributed by atoms with Gasteiger partial charge in [0.05, 0.1) is 0 Å². The normalized spacial score (nSPS) is 11.1. The second kappa shape index (κ2) is 4.23. The van der Waals surface area contributed by atoms with Crippen LogP contribution in [0.15, 0.2) is 43.0 Å². The average molecular weight is 210 g/mol. The Balaban J connectivity index is 2.90. The summed E-state index contributed by atoms with van der Waals surface area (Å²) < 4.78 is 0. The van der Waals surface area contributed by atoms with Crippen LogP contribution < -0.4 is 0 Å². The van der Waals surface area contributed by atoms with Gasteiger partial charge in [-0.05, 0) is 41.0 Å². The van der Waals surface area contributed by atoms with Crippen LogP contribution in [0.1, 0.15) is 18.1 Å².